The number of furan rings is 1. The van der Waals surface area contributed by atoms with Gasteiger partial charge in [-0.3, -0.25) is 0 Å². The third-order valence-corrected chi connectivity index (χ3v) is 5.96. The number of amides is 1. The van der Waals surface area contributed by atoms with Gasteiger partial charge in [0, 0.05) is 25.1 Å². The van der Waals surface area contributed by atoms with Crippen molar-refractivity contribution in [3.8, 4) is 0 Å². The number of likely N-dealkylation sites (tertiary alicyclic amines) is 1. The molecule has 0 spiro atoms. The van der Waals surface area contributed by atoms with Crippen LogP contribution in [0.25, 0.3) is 6.08 Å². The first-order valence-electron chi connectivity index (χ1n) is 10.6. The van der Waals surface area contributed by atoms with Gasteiger partial charge in [0.2, 0.25) is 0 Å². The molecule has 0 aromatic carbocycles. The average Bonchev–Trinajstić information content (AvgIpc) is 3.15. The van der Waals surface area contributed by atoms with Crippen LogP contribution in [0.3, 0.4) is 0 Å². The highest BCUT2D eigenvalue weighted by atomic mass is 19.1. The second kappa shape index (κ2) is 8.04. The number of carbonyl (C=O) groups excluding carboxylic acids is 1. The minimum atomic E-state index is -1.04. The van der Waals surface area contributed by atoms with Gasteiger partial charge in [-0.1, -0.05) is 0 Å². The molecule has 3 heterocycles. The van der Waals surface area contributed by atoms with Crippen molar-refractivity contribution in [3.05, 3.63) is 29.4 Å². The summed E-state index contributed by atoms with van der Waals surface area (Å²) in [6.07, 6.45) is 2.58. The van der Waals surface area contributed by atoms with Crippen molar-refractivity contribution in [1.82, 2.24) is 4.90 Å². The Hall–Kier alpha value is -1.80. The fraction of sp³-hybridized carbons (Fsp3) is 0.682. The molecular formula is C22H33BFNO5. The van der Waals surface area contributed by atoms with Crippen LogP contribution in [0.2, 0.25) is 0 Å². The van der Waals surface area contributed by atoms with Crippen LogP contribution >= 0.6 is 0 Å². The summed E-state index contributed by atoms with van der Waals surface area (Å²) in [6.45, 7) is 14.3. The van der Waals surface area contributed by atoms with Gasteiger partial charge in [0.05, 0.1) is 11.2 Å². The Morgan fingerprint density at radius 2 is 1.73 bits per heavy atom. The zero-order valence-corrected chi connectivity index (χ0v) is 19.1. The van der Waals surface area contributed by atoms with Crippen molar-refractivity contribution in [2.75, 3.05) is 13.1 Å². The Labute approximate surface area is 178 Å². The molecule has 1 amide bonds. The number of ether oxygens (including phenoxy) is 1. The van der Waals surface area contributed by atoms with Crippen LogP contribution in [-0.4, -0.2) is 48.0 Å². The molecule has 2 fully saturated rings. The van der Waals surface area contributed by atoms with E-state index < -0.39 is 29.6 Å². The summed E-state index contributed by atoms with van der Waals surface area (Å²) in [5.41, 5.74) is -2.22. The van der Waals surface area contributed by atoms with Gasteiger partial charge in [0.15, 0.2) is 0 Å². The molecule has 0 saturated carbocycles. The van der Waals surface area contributed by atoms with Crippen molar-refractivity contribution in [3.63, 3.8) is 0 Å². The summed E-state index contributed by atoms with van der Waals surface area (Å²) in [7, 11) is -1.04. The number of piperidine rings is 1. The lowest BCUT2D eigenvalue weighted by Gasteiger charge is -2.32. The average molecular weight is 421 g/mol. The van der Waals surface area contributed by atoms with Gasteiger partial charge in [-0.25, -0.2) is 9.18 Å². The van der Waals surface area contributed by atoms with Crippen LogP contribution in [0, 0.1) is 0 Å². The minimum Gasteiger partial charge on any atom is -0.461 e. The number of nitrogens with zero attached hydrogens (tertiary/aromatic N) is 1. The summed E-state index contributed by atoms with van der Waals surface area (Å²) in [5.74, 6) is 1.41. The Morgan fingerprint density at radius 1 is 1.17 bits per heavy atom. The second-order valence-corrected chi connectivity index (χ2v) is 10.1. The van der Waals surface area contributed by atoms with Gasteiger partial charge in [-0.15, -0.1) is 0 Å². The first-order chi connectivity index (χ1) is 13.8. The molecule has 1 aromatic heterocycles. The van der Waals surface area contributed by atoms with Crippen molar-refractivity contribution in [2.24, 2.45) is 0 Å². The molecule has 6 nitrogen and oxygen atoms in total. The fourth-order valence-corrected chi connectivity index (χ4v) is 3.50. The molecule has 0 radical (unpaired) electrons. The van der Waals surface area contributed by atoms with E-state index >= 15 is 0 Å². The van der Waals surface area contributed by atoms with Crippen LogP contribution in [-0.2, 0) is 14.0 Å². The number of hydrogen-bond acceptors (Lipinski definition) is 5. The van der Waals surface area contributed by atoms with Crippen LogP contribution < -0.4 is 0 Å². The number of halogens is 1. The van der Waals surface area contributed by atoms with Crippen LogP contribution in [0.1, 0.15) is 78.7 Å². The molecule has 1 aromatic rings. The van der Waals surface area contributed by atoms with Crippen molar-refractivity contribution in [2.45, 2.75) is 84.0 Å². The Kier molecular flexibility index (Phi) is 6.13. The summed E-state index contributed by atoms with van der Waals surface area (Å²) in [4.78, 5) is 13.9. The number of hydrogen-bond donors (Lipinski definition) is 0. The smallest absolute Gasteiger partial charge is 0.461 e. The lowest BCUT2D eigenvalue weighted by Crippen LogP contribution is -2.41. The first kappa shape index (κ1) is 22.9. The highest BCUT2D eigenvalue weighted by Gasteiger charge is 2.53. The predicted octanol–water partition coefficient (Wildman–Crippen LogP) is 5.34. The molecule has 8 heteroatoms. The molecule has 2 saturated heterocycles. The van der Waals surface area contributed by atoms with E-state index in [1.807, 2.05) is 54.5 Å². The van der Waals surface area contributed by atoms with Gasteiger partial charge in [0.25, 0.3) is 0 Å². The number of rotatable bonds is 3. The summed E-state index contributed by atoms with van der Waals surface area (Å²) >= 11 is 0. The normalized spacial score (nSPS) is 22.5. The van der Waals surface area contributed by atoms with Crippen molar-refractivity contribution in [1.29, 1.82) is 0 Å². The summed E-state index contributed by atoms with van der Waals surface area (Å²) < 4.78 is 37.5. The molecule has 166 valence electrons. The topological polar surface area (TPSA) is 61.1 Å². The third-order valence-electron chi connectivity index (χ3n) is 5.96. The van der Waals surface area contributed by atoms with Gasteiger partial charge in [0.1, 0.15) is 22.8 Å². The molecule has 0 N–H and O–H groups in total. The van der Waals surface area contributed by atoms with Gasteiger partial charge < -0.3 is 23.4 Å². The first-order valence-corrected chi connectivity index (χ1v) is 10.6. The van der Waals surface area contributed by atoms with Crippen LogP contribution in [0.15, 0.2) is 22.3 Å². The van der Waals surface area contributed by atoms with Gasteiger partial charge >= 0.3 is 13.2 Å². The molecule has 2 aliphatic rings. The van der Waals surface area contributed by atoms with Crippen LogP contribution in [0.4, 0.5) is 9.18 Å². The lowest BCUT2D eigenvalue weighted by atomic mass is 9.87. The molecule has 0 atom stereocenters. The third kappa shape index (κ3) is 5.09. The lowest BCUT2D eigenvalue weighted by molar-refractivity contribution is 0.00578. The molecular weight excluding hydrogens is 388 g/mol. The van der Waals surface area contributed by atoms with Crippen LogP contribution in [0.5, 0.6) is 0 Å². The fourth-order valence-electron chi connectivity index (χ4n) is 3.50. The maximum absolute atomic E-state index is 14.7. The van der Waals surface area contributed by atoms with E-state index in [1.165, 1.54) is 6.08 Å². The van der Waals surface area contributed by atoms with E-state index in [9.17, 15) is 9.18 Å². The Bertz CT molecular complexity index is 787. The highest BCUT2D eigenvalue weighted by molar-refractivity contribution is 6.54. The van der Waals surface area contributed by atoms with E-state index in [0.29, 0.717) is 18.8 Å². The SMILES string of the molecule is CC(C)(C)OC(=O)N1CCC(c2ccc(C=C(F)B3OC(C)(C)C(C)(C)O3)o2)CC1. The second-order valence-electron chi connectivity index (χ2n) is 10.1. The van der Waals surface area contributed by atoms with E-state index in [2.05, 4.69) is 0 Å². The largest absolute Gasteiger partial charge is 0.525 e. The van der Waals surface area contributed by atoms with Gasteiger partial charge in [-0.2, -0.15) is 0 Å². The molecule has 3 rings (SSSR count). The van der Waals surface area contributed by atoms with Gasteiger partial charge in [-0.05, 0) is 73.4 Å². The molecule has 30 heavy (non-hydrogen) atoms. The standard InChI is InChI=1S/C22H33BFNO5/c1-20(2,3)28-19(26)25-12-10-15(11-13-25)17-9-8-16(27-17)14-18(24)23-29-21(4,5)22(6,7)30-23/h8-9,14-15H,10-13H2,1-7H3. The van der Waals surface area contributed by atoms with E-state index in [1.54, 1.807) is 11.0 Å². The highest BCUT2D eigenvalue weighted by Crippen LogP contribution is 2.39. The molecule has 2 aliphatic heterocycles. The van der Waals surface area contributed by atoms with E-state index in [-0.39, 0.29) is 12.0 Å². The van der Waals surface area contributed by atoms with Crippen molar-refractivity contribution >= 4 is 19.3 Å². The van der Waals surface area contributed by atoms with E-state index in [0.717, 1.165) is 18.6 Å². The van der Waals surface area contributed by atoms with Crippen molar-refractivity contribution < 1.29 is 27.6 Å². The maximum atomic E-state index is 14.7. The maximum Gasteiger partial charge on any atom is 0.525 e. The zero-order chi connectivity index (χ0) is 22.3. The Morgan fingerprint density at radius 3 is 2.27 bits per heavy atom. The molecule has 0 bridgehead atoms. The monoisotopic (exact) mass is 421 g/mol. The molecule has 0 unspecified atom stereocenters. The summed E-state index contributed by atoms with van der Waals surface area (Å²) in [5, 5.41) is 0. The molecule has 0 aliphatic carbocycles. The number of carbonyl (C=O) groups is 1. The minimum absolute atomic E-state index is 0.186. The summed E-state index contributed by atoms with van der Waals surface area (Å²) in [6, 6.07) is 3.62. The zero-order valence-electron chi connectivity index (χ0n) is 19.1. The van der Waals surface area contributed by atoms with E-state index in [4.69, 9.17) is 18.5 Å². The quantitative estimate of drug-likeness (QED) is 0.617. The predicted molar refractivity (Wildman–Crippen MR) is 114 cm³/mol. The Balaban J connectivity index is 1.58.